The lowest BCUT2D eigenvalue weighted by atomic mass is 9.97. The summed E-state index contributed by atoms with van der Waals surface area (Å²) in [5.74, 6) is -0.0471. The van der Waals surface area contributed by atoms with Crippen molar-refractivity contribution >= 4 is 21.6 Å². The molecule has 21 heavy (non-hydrogen) atoms. The number of carbonyl (C=O) groups is 1. The quantitative estimate of drug-likeness (QED) is 0.750. The van der Waals surface area contributed by atoms with Crippen molar-refractivity contribution in [1.29, 1.82) is 0 Å². The molecule has 0 aliphatic carbocycles. The van der Waals surface area contributed by atoms with Crippen molar-refractivity contribution in [3.05, 3.63) is 24.3 Å². The fraction of sp³-hybridized carbons (Fsp3) is 0.500. The maximum atomic E-state index is 12.3. The number of amides is 1. The molecule has 1 aromatic rings. The van der Waals surface area contributed by atoms with Crippen LogP contribution in [-0.2, 0) is 14.8 Å². The van der Waals surface area contributed by atoms with Gasteiger partial charge in [0.05, 0.1) is 11.6 Å². The van der Waals surface area contributed by atoms with E-state index in [0.29, 0.717) is 18.8 Å². The van der Waals surface area contributed by atoms with E-state index in [9.17, 15) is 13.2 Å². The smallest absolute Gasteiger partial charge is 0.242 e. The van der Waals surface area contributed by atoms with E-state index in [4.69, 9.17) is 0 Å². The maximum Gasteiger partial charge on any atom is 0.242 e. The first-order chi connectivity index (χ1) is 9.95. The number of carbonyl (C=O) groups excluding carboxylic acids is 1. The van der Waals surface area contributed by atoms with Crippen LogP contribution in [0.1, 0.15) is 13.8 Å². The van der Waals surface area contributed by atoms with Crippen molar-refractivity contribution in [1.82, 2.24) is 10.0 Å². The molecule has 2 rings (SSSR count). The number of para-hydroxylation sites is 1. The SMILES string of the molecule is CCNS(=O)(=O)c1ccccc1NC(=O)[C@@H]1CNC[C@H]1C. The fourth-order valence-corrected chi connectivity index (χ4v) is 3.66. The molecule has 1 amide bonds. The standard InChI is InChI=1S/C14H21N3O3S/c1-3-16-21(19,20)13-7-5-4-6-12(13)17-14(18)11-9-15-8-10(11)2/h4-7,10-11,15-16H,3,8-9H2,1-2H3,(H,17,18)/t10-,11-/m1/s1. The van der Waals surface area contributed by atoms with Crippen LogP contribution in [0.2, 0.25) is 0 Å². The van der Waals surface area contributed by atoms with Crippen LogP contribution < -0.4 is 15.4 Å². The van der Waals surface area contributed by atoms with Gasteiger partial charge < -0.3 is 10.6 Å². The van der Waals surface area contributed by atoms with Crippen LogP contribution in [0.15, 0.2) is 29.2 Å². The number of sulfonamides is 1. The molecule has 0 unspecified atom stereocenters. The summed E-state index contributed by atoms with van der Waals surface area (Å²) in [5, 5.41) is 5.91. The minimum absolute atomic E-state index is 0.0961. The molecule has 0 saturated carbocycles. The Bertz CT molecular complexity index is 616. The predicted molar refractivity (Wildman–Crippen MR) is 81.5 cm³/mol. The number of hydrogen-bond donors (Lipinski definition) is 3. The maximum absolute atomic E-state index is 12.3. The summed E-state index contributed by atoms with van der Waals surface area (Å²) in [6.07, 6.45) is 0. The third-order valence-electron chi connectivity index (χ3n) is 3.62. The molecule has 1 aliphatic heterocycles. The van der Waals surface area contributed by atoms with Gasteiger partial charge in [0.2, 0.25) is 15.9 Å². The molecule has 3 N–H and O–H groups in total. The molecule has 0 spiro atoms. The Balaban J connectivity index is 2.23. The zero-order chi connectivity index (χ0) is 15.5. The summed E-state index contributed by atoms with van der Waals surface area (Å²) in [6.45, 7) is 5.44. The van der Waals surface area contributed by atoms with Crippen molar-refractivity contribution in [3.63, 3.8) is 0 Å². The topological polar surface area (TPSA) is 87.3 Å². The lowest BCUT2D eigenvalue weighted by Crippen LogP contribution is -2.30. The van der Waals surface area contributed by atoms with Crippen LogP contribution in [0.4, 0.5) is 5.69 Å². The van der Waals surface area contributed by atoms with Crippen LogP contribution in [-0.4, -0.2) is 34.0 Å². The molecule has 116 valence electrons. The number of nitrogens with one attached hydrogen (secondary N) is 3. The summed E-state index contributed by atoms with van der Waals surface area (Å²) >= 11 is 0. The monoisotopic (exact) mass is 311 g/mol. The van der Waals surface area contributed by atoms with Gasteiger partial charge in [-0.05, 0) is 24.6 Å². The third-order valence-corrected chi connectivity index (χ3v) is 5.23. The van der Waals surface area contributed by atoms with E-state index in [1.807, 2.05) is 6.92 Å². The van der Waals surface area contributed by atoms with Gasteiger partial charge in [-0.3, -0.25) is 4.79 Å². The van der Waals surface area contributed by atoms with Gasteiger partial charge in [0.25, 0.3) is 0 Å². The lowest BCUT2D eigenvalue weighted by molar-refractivity contribution is -0.120. The van der Waals surface area contributed by atoms with E-state index in [-0.39, 0.29) is 22.6 Å². The summed E-state index contributed by atoms with van der Waals surface area (Å²) in [4.78, 5) is 12.4. The minimum Gasteiger partial charge on any atom is -0.325 e. The molecule has 0 aromatic heterocycles. The van der Waals surface area contributed by atoms with E-state index >= 15 is 0 Å². The van der Waals surface area contributed by atoms with Gasteiger partial charge >= 0.3 is 0 Å². The molecule has 1 heterocycles. The summed E-state index contributed by atoms with van der Waals surface area (Å²) in [7, 11) is -3.60. The molecule has 0 bridgehead atoms. The summed E-state index contributed by atoms with van der Waals surface area (Å²) < 4.78 is 26.7. The highest BCUT2D eigenvalue weighted by molar-refractivity contribution is 7.89. The number of rotatable bonds is 5. The third kappa shape index (κ3) is 3.61. The minimum atomic E-state index is -3.60. The zero-order valence-corrected chi connectivity index (χ0v) is 13.0. The molecule has 1 fully saturated rings. The molecular formula is C14H21N3O3S. The highest BCUT2D eigenvalue weighted by atomic mass is 32.2. The van der Waals surface area contributed by atoms with Gasteiger partial charge in [-0.25, -0.2) is 13.1 Å². The van der Waals surface area contributed by atoms with E-state index in [2.05, 4.69) is 15.4 Å². The molecule has 2 atom stereocenters. The van der Waals surface area contributed by atoms with Crippen LogP contribution >= 0.6 is 0 Å². The van der Waals surface area contributed by atoms with E-state index < -0.39 is 10.0 Å². The molecular weight excluding hydrogens is 290 g/mol. The molecule has 7 heteroatoms. The Labute approximate surface area is 125 Å². The van der Waals surface area contributed by atoms with Crippen molar-refractivity contribution in [3.8, 4) is 0 Å². The van der Waals surface area contributed by atoms with Gasteiger partial charge in [-0.15, -0.1) is 0 Å². The van der Waals surface area contributed by atoms with Gasteiger partial charge in [-0.1, -0.05) is 26.0 Å². The van der Waals surface area contributed by atoms with Crippen molar-refractivity contribution in [2.24, 2.45) is 11.8 Å². The van der Waals surface area contributed by atoms with Gasteiger partial charge in [0.15, 0.2) is 0 Å². The normalized spacial score (nSPS) is 22.2. The van der Waals surface area contributed by atoms with Crippen LogP contribution in [0.5, 0.6) is 0 Å². The predicted octanol–water partition coefficient (Wildman–Crippen LogP) is 0.779. The zero-order valence-electron chi connectivity index (χ0n) is 12.2. The van der Waals surface area contributed by atoms with Gasteiger partial charge in [0.1, 0.15) is 4.90 Å². The second kappa shape index (κ2) is 6.55. The number of anilines is 1. The van der Waals surface area contributed by atoms with Crippen molar-refractivity contribution in [2.45, 2.75) is 18.7 Å². The highest BCUT2D eigenvalue weighted by Crippen LogP contribution is 2.23. The largest absolute Gasteiger partial charge is 0.325 e. The number of benzene rings is 1. The first kappa shape index (κ1) is 15.9. The first-order valence-electron chi connectivity index (χ1n) is 7.06. The van der Waals surface area contributed by atoms with E-state index in [1.54, 1.807) is 25.1 Å². The van der Waals surface area contributed by atoms with Crippen LogP contribution in [0, 0.1) is 11.8 Å². The molecule has 6 nitrogen and oxygen atoms in total. The van der Waals surface area contributed by atoms with E-state index in [0.717, 1.165) is 6.54 Å². The Morgan fingerprint density at radius 1 is 1.33 bits per heavy atom. The fourth-order valence-electron chi connectivity index (χ4n) is 2.46. The second-order valence-electron chi connectivity index (χ2n) is 5.23. The van der Waals surface area contributed by atoms with Crippen molar-refractivity contribution in [2.75, 3.05) is 25.0 Å². The second-order valence-corrected chi connectivity index (χ2v) is 6.96. The van der Waals surface area contributed by atoms with Crippen LogP contribution in [0.3, 0.4) is 0 Å². The average molecular weight is 311 g/mol. The Hall–Kier alpha value is -1.44. The van der Waals surface area contributed by atoms with Gasteiger partial charge in [-0.2, -0.15) is 0 Å². The van der Waals surface area contributed by atoms with Crippen LogP contribution in [0.25, 0.3) is 0 Å². The summed E-state index contributed by atoms with van der Waals surface area (Å²) in [5.41, 5.74) is 0.322. The average Bonchev–Trinajstić information content (AvgIpc) is 2.85. The molecule has 1 saturated heterocycles. The first-order valence-corrected chi connectivity index (χ1v) is 8.54. The molecule has 1 aliphatic rings. The Kier molecular flexibility index (Phi) is 4.97. The summed E-state index contributed by atoms with van der Waals surface area (Å²) in [6, 6.07) is 6.44. The molecule has 1 aromatic carbocycles. The molecule has 0 radical (unpaired) electrons. The lowest BCUT2D eigenvalue weighted by Gasteiger charge is -2.16. The van der Waals surface area contributed by atoms with Crippen molar-refractivity contribution < 1.29 is 13.2 Å². The Morgan fingerprint density at radius 2 is 2.05 bits per heavy atom. The highest BCUT2D eigenvalue weighted by Gasteiger charge is 2.30. The number of hydrogen-bond acceptors (Lipinski definition) is 4. The Morgan fingerprint density at radius 3 is 2.67 bits per heavy atom. The van der Waals surface area contributed by atoms with Gasteiger partial charge in [0, 0.05) is 13.1 Å². The van der Waals surface area contributed by atoms with E-state index in [1.165, 1.54) is 6.07 Å².